The van der Waals surface area contributed by atoms with Crippen molar-refractivity contribution in [3.63, 3.8) is 0 Å². The topological polar surface area (TPSA) is 30.7 Å². The molecule has 282 valence electrons. The second-order valence-electron chi connectivity index (χ2n) is 16.2. The van der Waals surface area contributed by atoms with Crippen LogP contribution in [-0.2, 0) is 0 Å². The van der Waals surface area contributed by atoms with Gasteiger partial charge in [0.25, 0.3) is 0 Å². The van der Waals surface area contributed by atoms with Crippen LogP contribution in [0.15, 0.2) is 212 Å². The Bertz CT molecular complexity index is 3950. The van der Waals surface area contributed by atoms with Gasteiger partial charge in [0.2, 0.25) is 0 Å². The second kappa shape index (κ2) is 13.2. The third-order valence-corrected chi connectivity index (χ3v) is 12.7. The fourth-order valence-electron chi connectivity index (χ4n) is 9.76. The zero-order chi connectivity index (χ0) is 40.0. The van der Waals surface area contributed by atoms with E-state index in [1.807, 2.05) is 0 Å². The van der Waals surface area contributed by atoms with Crippen molar-refractivity contribution < 1.29 is 0 Å². The van der Waals surface area contributed by atoms with Crippen molar-refractivity contribution >= 4 is 86.6 Å². The molecule has 61 heavy (non-hydrogen) atoms. The van der Waals surface area contributed by atoms with Crippen LogP contribution in [0.4, 0.5) is 0 Å². The molecule has 13 aromatic rings. The zero-order valence-electron chi connectivity index (χ0n) is 33.0. The molecule has 2 heterocycles. The first kappa shape index (κ1) is 33.8. The van der Waals surface area contributed by atoms with E-state index in [-0.39, 0.29) is 0 Å². The number of rotatable bonds is 4. The van der Waals surface area contributed by atoms with Gasteiger partial charge in [-0.2, -0.15) is 0 Å². The molecule has 0 aliphatic heterocycles. The van der Waals surface area contributed by atoms with Gasteiger partial charge in [0.15, 0.2) is 5.82 Å². The Morgan fingerprint density at radius 1 is 0.311 bits per heavy atom. The summed E-state index contributed by atoms with van der Waals surface area (Å²) < 4.78 is 2.47. The fraction of sp³-hybridized carbons (Fsp3) is 0. The third-order valence-electron chi connectivity index (χ3n) is 12.7. The van der Waals surface area contributed by atoms with Gasteiger partial charge in [0.1, 0.15) is 0 Å². The standard InChI is InChI=1S/C58H35N3/c1-3-14-39-31-43(23-21-36(39)11-1)44-25-27-50-52(34-44)59-58(60-57(50)45-24-22-37-12-2-4-15-40(37)32-45)49-28-30-53(48-20-10-9-19-47(48)49)61-54-29-26-38-13-7-8-18-46(38)56(54)51-33-41-16-5-6-17-42(41)35-55(51)61/h1-35H. The van der Waals surface area contributed by atoms with Gasteiger partial charge in [-0.3, -0.25) is 0 Å². The maximum absolute atomic E-state index is 5.48. The molecule has 3 heteroatoms. The zero-order valence-corrected chi connectivity index (χ0v) is 33.0. The number of benzene rings is 11. The summed E-state index contributed by atoms with van der Waals surface area (Å²) in [6.45, 7) is 0. The van der Waals surface area contributed by atoms with E-state index in [1.54, 1.807) is 0 Å². The van der Waals surface area contributed by atoms with E-state index >= 15 is 0 Å². The first-order chi connectivity index (χ1) is 30.2. The molecule has 11 aromatic carbocycles. The highest BCUT2D eigenvalue weighted by Gasteiger charge is 2.20. The highest BCUT2D eigenvalue weighted by atomic mass is 15.0. The van der Waals surface area contributed by atoms with Gasteiger partial charge >= 0.3 is 0 Å². The molecule has 0 fully saturated rings. The maximum Gasteiger partial charge on any atom is 0.161 e. The molecular formula is C58H35N3. The summed E-state index contributed by atoms with van der Waals surface area (Å²) >= 11 is 0. The van der Waals surface area contributed by atoms with Crippen molar-refractivity contribution in [1.82, 2.24) is 14.5 Å². The number of hydrogen-bond donors (Lipinski definition) is 0. The van der Waals surface area contributed by atoms with Gasteiger partial charge < -0.3 is 4.57 Å². The minimum Gasteiger partial charge on any atom is -0.309 e. The molecule has 0 bridgehead atoms. The molecule has 0 N–H and O–H groups in total. The third kappa shape index (κ3) is 5.31. The predicted octanol–water partition coefficient (Wildman–Crippen LogP) is 15.5. The van der Waals surface area contributed by atoms with Gasteiger partial charge in [-0.25, -0.2) is 9.97 Å². The van der Waals surface area contributed by atoms with Gasteiger partial charge in [0.05, 0.1) is 27.9 Å². The van der Waals surface area contributed by atoms with E-state index < -0.39 is 0 Å². The van der Waals surface area contributed by atoms with Crippen LogP contribution in [0.2, 0.25) is 0 Å². The van der Waals surface area contributed by atoms with E-state index in [0.717, 1.165) is 55.3 Å². The van der Waals surface area contributed by atoms with Crippen molar-refractivity contribution in [2.45, 2.75) is 0 Å². The van der Waals surface area contributed by atoms with Gasteiger partial charge in [-0.05, 0) is 114 Å². The largest absolute Gasteiger partial charge is 0.309 e. The first-order valence-corrected chi connectivity index (χ1v) is 20.9. The Morgan fingerprint density at radius 2 is 0.869 bits per heavy atom. The van der Waals surface area contributed by atoms with Crippen molar-refractivity contribution in [3.05, 3.63) is 212 Å². The highest BCUT2D eigenvalue weighted by Crippen LogP contribution is 2.42. The van der Waals surface area contributed by atoms with Crippen molar-refractivity contribution in [1.29, 1.82) is 0 Å². The average molecular weight is 774 g/mol. The Labute approximate surface area is 351 Å². The second-order valence-corrected chi connectivity index (χ2v) is 16.2. The molecule has 3 nitrogen and oxygen atoms in total. The van der Waals surface area contributed by atoms with Gasteiger partial charge in [-0.1, -0.05) is 158 Å². The lowest BCUT2D eigenvalue weighted by molar-refractivity contribution is 1.19. The minimum absolute atomic E-state index is 0.702. The SMILES string of the molecule is c1ccc2cc(-c3ccc4c(-c5ccc6ccccc6c5)nc(-c5ccc(-n6c7cc8ccccc8cc7c7c8ccccc8ccc76)c6ccccc56)nc4c3)ccc2c1. The predicted molar refractivity (Wildman–Crippen MR) is 258 cm³/mol. The van der Waals surface area contributed by atoms with E-state index in [0.29, 0.717) is 5.82 Å². The quantitative estimate of drug-likeness (QED) is 0.178. The van der Waals surface area contributed by atoms with E-state index in [1.165, 1.54) is 64.9 Å². The molecule has 0 atom stereocenters. The van der Waals surface area contributed by atoms with Crippen LogP contribution in [0, 0.1) is 0 Å². The Hall–Kier alpha value is -8.14. The lowest BCUT2D eigenvalue weighted by Crippen LogP contribution is -1.99. The van der Waals surface area contributed by atoms with Crippen LogP contribution in [0.5, 0.6) is 0 Å². The highest BCUT2D eigenvalue weighted by molar-refractivity contribution is 6.24. The lowest BCUT2D eigenvalue weighted by Gasteiger charge is -2.16. The van der Waals surface area contributed by atoms with Crippen molar-refractivity contribution in [2.24, 2.45) is 0 Å². The monoisotopic (exact) mass is 773 g/mol. The Morgan fingerprint density at radius 3 is 1.62 bits per heavy atom. The molecule has 0 saturated heterocycles. The van der Waals surface area contributed by atoms with Crippen LogP contribution < -0.4 is 0 Å². The van der Waals surface area contributed by atoms with E-state index in [9.17, 15) is 0 Å². The molecule has 13 rings (SSSR count). The molecule has 0 unspecified atom stereocenters. The minimum atomic E-state index is 0.702. The molecular weight excluding hydrogens is 739 g/mol. The normalized spacial score (nSPS) is 11.9. The van der Waals surface area contributed by atoms with Gasteiger partial charge in [0, 0.05) is 32.7 Å². The summed E-state index contributed by atoms with van der Waals surface area (Å²) in [6.07, 6.45) is 0. The molecule has 0 aliphatic rings. The van der Waals surface area contributed by atoms with Gasteiger partial charge in [-0.15, -0.1) is 0 Å². The maximum atomic E-state index is 5.48. The fourth-order valence-corrected chi connectivity index (χ4v) is 9.76. The summed E-state index contributed by atoms with van der Waals surface area (Å²) in [4.78, 5) is 10.9. The van der Waals surface area contributed by atoms with Crippen LogP contribution in [0.25, 0.3) is 126 Å². The number of aromatic nitrogens is 3. The average Bonchev–Trinajstić information content (AvgIpc) is 3.65. The molecule has 0 aliphatic carbocycles. The summed E-state index contributed by atoms with van der Waals surface area (Å²) in [5.41, 5.74) is 9.67. The first-order valence-electron chi connectivity index (χ1n) is 20.9. The summed E-state index contributed by atoms with van der Waals surface area (Å²) in [7, 11) is 0. The number of nitrogens with zero attached hydrogens (tertiary/aromatic N) is 3. The van der Waals surface area contributed by atoms with Crippen LogP contribution in [0.1, 0.15) is 0 Å². The Balaban J connectivity index is 1.06. The summed E-state index contributed by atoms with van der Waals surface area (Å²) in [6, 6.07) is 77.0. The van der Waals surface area contributed by atoms with Crippen LogP contribution in [0.3, 0.4) is 0 Å². The molecule has 0 amide bonds. The van der Waals surface area contributed by atoms with Crippen LogP contribution >= 0.6 is 0 Å². The number of hydrogen-bond acceptors (Lipinski definition) is 2. The number of fused-ring (bicyclic) bond motifs is 10. The van der Waals surface area contributed by atoms with E-state index in [2.05, 4.69) is 217 Å². The smallest absolute Gasteiger partial charge is 0.161 e. The Kier molecular flexibility index (Phi) is 7.31. The summed E-state index contributed by atoms with van der Waals surface area (Å²) in [5, 5.41) is 15.6. The van der Waals surface area contributed by atoms with Crippen LogP contribution in [-0.4, -0.2) is 14.5 Å². The van der Waals surface area contributed by atoms with Crippen molar-refractivity contribution in [2.75, 3.05) is 0 Å². The molecule has 0 radical (unpaired) electrons. The lowest BCUT2D eigenvalue weighted by atomic mass is 9.97. The molecule has 0 saturated carbocycles. The van der Waals surface area contributed by atoms with E-state index in [4.69, 9.17) is 9.97 Å². The molecule has 0 spiro atoms. The van der Waals surface area contributed by atoms with Crippen molar-refractivity contribution in [3.8, 4) is 39.5 Å². The summed E-state index contributed by atoms with van der Waals surface area (Å²) in [5.74, 6) is 0.702. The molecule has 2 aromatic heterocycles.